The van der Waals surface area contributed by atoms with E-state index in [1.165, 1.54) is 11.5 Å². The summed E-state index contributed by atoms with van der Waals surface area (Å²) in [6.45, 7) is 0.755. The van der Waals surface area contributed by atoms with Crippen molar-refractivity contribution in [1.29, 1.82) is 0 Å². The number of aromatic nitrogens is 3. The van der Waals surface area contributed by atoms with Crippen molar-refractivity contribution in [2.45, 2.75) is 12.6 Å². The van der Waals surface area contributed by atoms with Crippen molar-refractivity contribution in [2.75, 3.05) is 6.61 Å². The monoisotopic (exact) mass is 301 g/mol. The van der Waals surface area contributed by atoms with Gasteiger partial charge in [0.1, 0.15) is 12.7 Å². The second kappa shape index (κ2) is 6.21. The molecule has 4 nitrogen and oxygen atoms in total. The lowest BCUT2D eigenvalue weighted by Gasteiger charge is -2.15. The first-order valence-electron chi connectivity index (χ1n) is 5.03. The molecule has 0 spiro atoms. The van der Waals surface area contributed by atoms with Crippen molar-refractivity contribution in [2.24, 2.45) is 0 Å². The number of halogens is 2. The Labute approximate surface area is 119 Å². The second-order valence-corrected chi connectivity index (χ2v) is 4.96. The predicted octanol–water partition coefficient (Wildman–Crippen LogP) is 3.04. The highest BCUT2D eigenvalue weighted by Gasteiger charge is 2.21. The van der Waals surface area contributed by atoms with E-state index in [-0.39, 0.29) is 17.9 Å². The van der Waals surface area contributed by atoms with E-state index in [2.05, 4.69) is 15.3 Å². The Kier molecular flexibility index (Phi) is 4.61. The van der Waals surface area contributed by atoms with Gasteiger partial charge in [-0.25, -0.2) is 4.98 Å². The highest BCUT2D eigenvalue weighted by molar-refractivity contribution is 7.07. The molecular weight excluding hydrogens is 293 g/mol. The SMILES string of the molecule is C#CCO[C@H](Cn1ccnc1)c1snc(Cl)c1Cl. The van der Waals surface area contributed by atoms with Gasteiger partial charge in [-0.15, -0.1) is 6.42 Å². The summed E-state index contributed by atoms with van der Waals surface area (Å²) in [4.78, 5) is 4.74. The molecule has 2 aromatic heterocycles. The zero-order valence-corrected chi connectivity index (χ0v) is 11.5. The molecule has 18 heavy (non-hydrogen) atoms. The zero-order chi connectivity index (χ0) is 13.0. The highest BCUT2D eigenvalue weighted by atomic mass is 35.5. The predicted molar refractivity (Wildman–Crippen MR) is 71.9 cm³/mol. The number of hydrogen-bond donors (Lipinski definition) is 0. The van der Waals surface area contributed by atoms with Crippen LogP contribution in [0.1, 0.15) is 11.0 Å². The van der Waals surface area contributed by atoms with Gasteiger partial charge in [-0.2, -0.15) is 4.37 Å². The molecule has 0 aliphatic carbocycles. The van der Waals surface area contributed by atoms with Gasteiger partial charge in [0.15, 0.2) is 5.15 Å². The van der Waals surface area contributed by atoms with Gasteiger partial charge in [-0.1, -0.05) is 29.1 Å². The van der Waals surface area contributed by atoms with Crippen LogP contribution in [0.15, 0.2) is 18.7 Å². The highest BCUT2D eigenvalue weighted by Crippen LogP contribution is 2.35. The third-order valence-corrected chi connectivity index (χ3v) is 4.12. The first kappa shape index (κ1) is 13.4. The van der Waals surface area contributed by atoms with Gasteiger partial charge in [-0.3, -0.25) is 0 Å². The van der Waals surface area contributed by atoms with Gasteiger partial charge in [0.25, 0.3) is 0 Å². The molecule has 0 bridgehead atoms. The lowest BCUT2D eigenvalue weighted by Crippen LogP contribution is -2.11. The third kappa shape index (κ3) is 3.03. The van der Waals surface area contributed by atoms with Crippen LogP contribution in [-0.2, 0) is 11.3 Å². The molecule has 1 atom stereocenters. The molecule has 7 heteroatoms. The van der Waals surface area contributed by atoms with Crippen LogP contribution in [0, 0.1) is 12.3 Å². The summed E-state index contributed by atoms with van der Waals surface area (Å²) in [7, 11) is 0. The normalized spacial score (nSPS) is 12.3. The van der Waals surface area contributed by atoms with Crippen molar-refractivity contribution < 1.29 is 4.74 Å². The Morgan fingerprint density at radius 2 is 2.39 bits per heavy atom. The fraction of sp³-hybridized carbons (Fsp3) is 0.273. The number of terminal acetylenes is 1. The number of imidazole rings is 1. The van der Waals surface area contributed by atoms with Gasteiger partial charge in [0.2, 0.25) is 0 Å². The largest absolute Gasteiger partial charge is 0.358 e. The molecule has 0 saturated carbocycles. The molecule has 0 fully saturated rings. The summed E-state index contributed by atoms with van der Waals surface area (Å²) < 4.78 is 11.5. The van der Waals surface area contributed by atoms with E-state index in [9.17, 15) is 0 Å². The van der Waals surface area contributed by atoms with Crippen LogP contribution in [0.5, 0.6) is 0 Å². The Morgan fingerprint density at radius 1 is 1.56 bits per heavy atom. The average molecular weight is 302 g/mol. The summed E-state index contributed by atoms with van der Waals surface area (Å²) >= 11 is 13.1. The Balaban J connectivity index is 2.19. The standard InChI is InChI=1S/C11H9Cl2N3OS/c1-2-5-17-8(6-16-4-3-14-7-16)10-9(12)11(13)15-18-10/h1,3-4,7-8H,5-6H2/t8-/m1/s1. The molecule has 0 amide bonds. The van der Waals surface area contributed by atoms with Crippen molar-refractivity contribution in [3.8, 4) is 12.3 Å². The minimum absolute atomic E-state index is 0.200. The smallest absolute Gasteiger partial charge is 0.161 e. The molecule has 0 N–H and O–H groups in total. The maximum Gasteiger partial charge on any atom is 0.161 e. The van der Waals surface area contributed by atoms with E-state index < -0.39 is 0 Å². The van der Waals surface area contributed by atoms with E-state index >= 15 is 0 Å². The maximum absolute atomic E-state index is 6.08. The Hall–Kier alpha value is -1.06. The van der Waals surface area contributed by atoms with Crippen LogP contribution >= 0.6 is 34.7 Å². The molecular formula is C11H9Cl2N3OS. The summed E-state index contributed by atoms with van der Waals surface area (Å²) in [5.41, 5.74) is 0. The quantitative estimate of drug-likeness (QED) is 0.797. The van der Waals surface area contributed by atoms with E-state index in [4.69, 9.17) is 34.4 Å². The average Bonchev–Trinajstić information content (AvgIpc) is 2.97. The van der Waals surface area contributed by atoms with Gasteiger partial charge in [0, 0.05) is 12.4 Å². The first-order valence-corrected chi connectivity index (χ1v) is 6.56. The molecule has 0 aromatic carbocycles. The zero-order valence-electron chi connectivity index (χ0n) is 9.22. The topological polar surface area (TPSA) is 39.9 Å². The Morgan fingerprint density at radius 3 is 2.94 bits per heavy atom. The van der Waals surface area contributed by atoms with E-state index in [0.29, 0.717) is 11.6 Å². The first-order chi connectivity index (χ1) is 8.72. The minimum Gasteiger partial charge on any atom is -0.358 e. The maximum atomic E-state index is 6.08. The van der Waals surface area contributed by atoms with Gasteiger partial charge < -0.3 is 9.30 Å². The second-order valence-electron chi connectivity index (χ2n) is 3.41. The fourth-order valence-electron chi connectivity index (χ4n) is 1.42. The van der Waals surface area contributed by atoms with E-state index in [1.807, 2.05) is 10.8 Å². The number of hydrogen-bond acceptors (Lipinski definition) is 4. The molecule has 2 aromatic rings. The molecule has 0 aliphatic heterocycles. The van der Waals surface area contributed by atoms with Crippen LogP contribution in [0.2, 0.25) is 10.2 Å². The summed E-state index contributed by atoms with van der Waals surface area (Å²) in [6.07, 6.45) is 10.1. The van der Waals surface area contributed by atoms with E-state index in [1.54, 1.807) is 12.5 Å². The van der Waals surface area contributed by atoms with Gasteiger partial charge >= 0.3 is 0 Å². The van der Waals surface area contributed by atoms with Crippen LogP contribution in [0.25, 0.3) is 0 Å². The summed E-state index contributed by atoms with van der Waals surface area (Å²) in [5.74, 6) is 2.43. The van der Waals surface area contributed by atoms with E-state index in [0.717, 1.165) is 4.88 Å². The fourth-order valence-corrected chi connectivity index (χ4v) is 2.70. The van der Waals surface area contributed by atoms with Crippen LogP contribution in [0.3, 0.4) is 0 Å². The number of ether oxygens (including phenoxy) is 1. The molecule has 0 aliphatic rings. The molecule has 0 unspecified atom stereocenters. The van der Waals surface area contributed by atoms with Gasteiger partial charge in [0.05, 0.1) is 22.8 Å². The minimum atomic E-state index is -0.284. The van der Waals surface area contributed by atoms with Crippen molar-refractivity contribution in [3.05, 3.63) is 33.8 Å². The van der Waals surface area contributed by atoms with Gasteiger partial charge in [-0.05, 0) is 11.5 Å². The summed E-state index contributed by atoms with van der Waals surface area (Å²) in [6, 6.07) is 0. The summed E-state index contributed by atoms with van der Waals surface area (Å²) in [5, 5.41) is 0.709. The lowest BCUT2D eigenvalue weighted by atomic mass is 10.3. The third-order valence-electron chi connectivity index (χ3n) is 2.22. The molecule has 2 rings (SSSR count). The van der Waals surface area contributed by atoms with Crippen molar-refractivity contribution >= 4 is 34.7 Å². The molecule has 2 heterocycles. The lowest BCUT2D eigenvalue weighted by molar-refractivity contribution is 0.0669. The number of rotatable bonds is 5. The van der Waals surface area contributed by atoms with Crippen LogP contribution < -0.4 is 0 Å². The number of nitrogens with zero attached hydrogens (tertiary/aromatic N) is 3. The Bertz CT molecular complexity index is 547. The molecule has 0 saturated heterocycles. The van der Waals surface area contributed by atoms with Crippen molar-refractivity contribution in [3.63, 3.8) is 0 Å². The van der Waals surface area contributed by atoms with Crippen LogP contribution in [-0.4, -0.2) is 20.5 Å². The van der Waals surface area contributed by atoms with Crippen molar-refractivity contribution in [1.82, 2.24) is 13.9 Å². The molecule has 0 radical (unpaired) electrons. The van der Waals surface area contributed by atoms with Crippen LogP contribution in [0.4, 0.5) is 0 Å². The molecule has 94 valence electrons.